The highest BCUT2D eigenvalue weighted by Crippen LogP contribution is 2.32. The fourth-order valence-electron chi connectivity index (χ4n) is 3.35. The molecule has 1 aliphatic rings. The zero-order valence-electron chi connectivity index (χ0n) is 16.5. The van der Waals surface area contributed by atoms with Gasteiger partial charge in [-0.1, -0.05) is 29.8 Å². The standard InChI is InChI=1S/C23H18ClFN2O3S/c1-14-18(24)3-2-4-19(14)26-23(29)16-7-10-21-20(11-16)27(22(28)13-31(21)30)12-15-5-8-17(25)9-6-15/h2-11H,12-13H2,1H3,(H,26,29)/t31-/m1/s1. The molecule has 4 rings (SSSR count). The number of amides is 2. The molecule has 1 aliphatic heterocycles. The Morgan fingerprint density at radius 2 is 1.90 bits per heavy atom. The highest BCUT2D eigenvalue weighted by molar-refractivity contribution is 7.86. The number of fused-ring (bicyclic) bond motifs is 1. The average molecular weight is 457 g/mol. The van der Waals surface area contributed by atoms with Gasteiger partial charge in [-0.3, -0.25) is 13.8 Å². The monoisotopic (exact) mass is 456 g/mol. The summed E-state index contributed by atoms with van der Waals surface area (Å²) in [6.07, 6.45) is 0. The Hall–Kier alpha value is -3.03. The van der Waals surface area contributed by atoms with E-state index in [-0.39, 0.29) is 29.9 Å². The van der Waals surface area contributed by atoms with E-state index in [4.69, 9.17) is 11.6 Å². The molecule has 1 heterocycles. The van der Waals surface area contributed by atoms with E-state index < -0.39 is 10.8 Å². The molecule has 1 N–H and O–H groups in total. The molecule has 31 heavy (non-hydrogen) atoms. The molecule has 0 spiro atoms. The molecule has 0 fully saturated rings. The molecular formula is C23H18ClFN2O3S. The molecule has 3 aromatic rings. The van der Waals surface area contributed by atoms with Crippen molar-refractivity contribution in [1.29, 1.82) is 0 Å². The number of nitrogens with one attached hydrogen (secondary N) is 1. The van der Waals surface area contributed by atoms with Crippen LogP contribution < -0.4 is 10.2 Å². The summed E-state index contributed by atoms with van der Waals surface area (Å²) in [5.41, 5.74) is 2.77. The average Bonchev–Trinajstić information content (AvgIpc) is 2.75. The minimum Gasteiger partial charge on any atom is -0.322 e. The fraction of sp³-hybridized carbons (Fsp3) is 0.130. The molecule has 0 saturated carbocycles. The third kappa shape index (κ3) is 4.38. The summed E-state index contributed by atoms with van der Waals surface area (Å²) in [6.45, 7) is 1.98. The Morgan fingerprint density at radius 1 is 1.16 bits per heavy atom. The zero-order chi connectivity index (χ0) is 22.1. The fourth-order valence-corrected chi connectivity index (χ4v) is 4.68. The molecule has 2 amide bonds. The van der Waals surface area contributed by atoms with E-state index >= 15 is 0 Å². The number of nitrogens with zero attached hydrogens (tertiary/aromatic N) is 1. The number of hydrogen-bond acceptors (Lipinski definition) is 3. The second-order valence-corrected chi connectivity index (χ2v) is 8.97. The first kappa shape index (κ1) is 21.2. The number of rotatable bonds is 4. The third-order valence-electron chi connectivity index (χ3n) is 5.08. The second kappa shape index (κ2) is 8.61. The lowest BCUT2D eigenvalue weighted by Crippen LogP contribution is -2.38. The number of carbonyl (C=O) groups is 2. The number of anilines is 2. The topological polar surface area (TPSA) is 66.5 Å². The Morgan fingerprint density at radius 3 is 2.65 bits per heavy atom. The van der Waals surface area contributed by atoms with Gasteiger partial charge in [0, 0.05) is 16.3 Å². The van der Waals surface area contributed by atoms with Crippen molar-refractivity contribution in [1.82, 2.24) is 0 Å². The summed E-state index contributed by atoms with van der Waals surface area (Å²) in [4.78, 5) is 27.5. The molecule has 0 radical (unpaired) electrons. The molecule has 0 aromatic heterocycles. The van der Waals surface area contributed by atoms with Gasteiger partial charge in [-0.2, -0.15) is 0 Å². The van der Waals surface area contributed by atoms with Crippen LogP contribution in [0.1, 0.15) is 21.5 Å². The van der Waals surface area contributed by atoms with Crippen molar-refractivity contribution in [3.8, 4) is 0 Å². The minimum atomic E-state index is -1.49. The van der Waals surface area contributed by atoms with Crippen molar-refractivity contribution in [2.24, 2.45) is 0 Å². The summed E-state index contributed by atoms with van der Waals surface area (Å²) in [5, 5.41) is 3.36. The van der Waals surface area contributed by atoms with Gasteiger partial charge in [0.25, 0.3) is 5.91 Å². The molecule has 1 atom stereocenters. The lowest BCUT2D eigenvalue weighted by molar-refractivity contribution is -0.116. The van der Waals surface area contributed by atoms with Crippen LogP contribution in [0.3, 0.4) is 0 Å². The van der Waals surface area contributed by atoms with Gasteiger partial charge in [0.1, 0.15) is 11.6 Å². The lowest BCUT2D eigenvalue weighted by Gasteiger charge is -2.29. The molecule has 0 bridgehead atoms. The number of carbonyl (C=O) groups excluding carboxylic acids is 2. The van der Waals surface area contributed by atoms with Crippen molar-refractivity contribution < 1.29 is 18.2 Å². The Balaban J connectivity index is 1.67. The normalized spacial score (nSPS) is 15.5. The van der Waals surface area contributed by atoms with Crippen LogP contribution in [0.4, 0.5) is 15.8 Å². The molecule has 3 aromatic carbocycles. The molecule has 0 aliphatic carbocycles. The largest absolute Gasteiger partial charge is 0.322 e. The van der Waals surface area contributed by atoms with Crippen LogP contribution in [0.5, 0.6) is 0 Å². The van der Waals surface area contributed by atoms with Crippen LogP contribution in [-0.4, -0.2) is 21.8 Å². The SMILES string of the molecule is Cc1c(Cl)cccc1NC(=O)c1ccc2c(c1)N(Cc1ccc(F)cc1)C(=O)C[S@]2=O. The molecule has 158 valence electrons. The van der Waals surface area contributed by atoms with E-state index in [9.17, 15) is 18.2 Å². The molecule has 0 unspecified atom stereocenters. The van der Waals surface area contributed by atoms with E-state index in [1.165, 1.54) is 17.0 Å². The maximum atomic E-state index is 13.2. The van der Waals surface area contributed by atoms with Crippen LogP contribution in [-0.2, 0) is 22.1 Å². The maximum Gasteiger partial charge on any atom is 0.255 e. The highest BCUT2D eigenvalue weighted by atomic mass is 35.5. The lowest BCUT2D eigenvalue weighted by atomic mass is 10.1. The van der Waals surface area contributed by atoms with E-state index in [0.29, 0.717) is 26.9 Å². The predicted molar refractivity (Wildman–Crippen MR) is 119 cm³/mol. The first-order chi connectivity index (χ1) is 14.8. The number of halogens is 2. The summed E-state index contributed by atoms with van der Waals surface area (Å²) >= 11 is 6.12. The van der Waals surface area contributed by atoms with Gasteiger partial charge in [-0.25, -0.2) is 4.39 Å². The summed E-state index contributed by atoms with van der Waals surface area (Å²) in [7, 11) is -1.49. The van der Waals surface area contributed by atoms with E-state index in [1.54, 1.807) is 55.5 Å². The number of benzene rings is 3. The number of hydrogen-bond donors (Lipinski definition) is 1. The summed E-state index contributed by atoms with van der Waals surface area (Å²) in [5.74, 6) is -1.20. The third-order valence-corrected chi connectivity index (χ3v) is 6.84. The Bertz CT molecular complexity index is 1210. The van der Waals surface area contributed by atoms with Gasteiger partial charge >= 0.3 is 0 Å². The van der Waals surface area contributed by atoms with Crippen LogP contribution in [0.25, 0.3) is 0 Å². The first-order valence-electron chi connectivity index (χ1n) is 9.47. The van der Waals surface area contributed by atoms with Crippen molar-refractivity contribution >= 4 is 45.6 Å². The smallest absolute Gasteiger partial charge is 0.255 e. The summed E-state index contributed by atoms with van der Waals surface area (Å²) in [6, 6.07) is 15.8. The molecule has 0 saturated heterocycles. The van der Waals surface area contributed by atoms with Crippen molar-refractivity contribution in [3.05, 3.63) is 88.2 Å². The summed E-state index contributed by atoms with van der Waals surface area (Å²) < 4.78 is 25.7. The van der Waals surface area contributed by atoms with Gasteiger partial charge in [0.05, 0.1) is 27.9 Å². The van der Waals surface area contributed by atoms with Gasteiger partial charge in [-0.15, -0.1) is 0 Å². The quantitative estimate of drug-likeness (QED) is 0.619. The van der Waals surface area contributed by atoms with Gasteiger partial charge in [0.2, 0.25) is 5.91 Å². The molecule has 5 nitrogen and oxygen atoms in total. The van der Waals surface area contributed by atoms with Gasteiger partial charge in [0.15, 0.2) is 0 Å². The highest BCUT2D eigenvalue weighted by Gasteiger charge is 2.30. The van der Waals surface area contributed by atoms with Crippen LogP contribution >= 0.6 is 11.6 Å². The van der Waals surface area contributed by atoms with Crippen LogP contribution in [0.2, 0.25) is 5.02 Å². The maximum absolute atomic E-state index is 13.2. The first-order valence-corrected chi connectivity index (χ1v) is 11.2. The van der Waals surface area contributed by atoms with Crippen molar-refractivity contribution in [2.45, 2.75) is 18.4 Å². The zero-order valence-corrected chi connectivity index (χ0v) is 18.1. The Kier molecular flexibility index (Phi) is 5.89. The molecule has 8 heteroatoms. The Labute approximate surface area is 186 Å². The van der Waals surface area contributed by atoms with Crippen molar-refractivity contribution in [2.75, 3.05) is 16.0 Å². The minimum absolute atomic E-state index is 0.137. The predicted octanol–water partition coefficient (Wildman–Crippen LogP) is 4.69. The van der Waals surface area contributed by atoms with Crippen molar-refractivity contribution in [3.63, 3.8) is 0 Å². The van der Waals surface area contributed by atoms with E-state index in [2.05, 4.69) is 5.32 Å². The second-order valence-electron chi connectivity index (χ2n) is 7.15. The van der Waals surface area contributed by atoms with Gasteiger partial charge < -0.3 is 10.2 Å². The van der Waals surface area contributed by atoms with Crippen LogP contribution in [0.15, 0.2) is 65.6 Å². The molecular weight excluding hydrogens is 439 g/mol. The van der Waals surface area contributed by atoms with E-state index in [0.717, 1.165) is 11.1 Å². The van der Waals surface area contributed by atoms with E-state index in [1.807, 2.05) is 0 Å². The van der Waals surface area contributed by atoms with Crippen LogP contribution in [0, 0.1) is 12.7 Å². The van der Waals surface area contributed by atoms with Gasteiger partial charge in [-0.05, 0) is 60.5 Å².